The van der Waals surface area contributed by atoms with Gasteiger partial charge in [0.1, 0.15) is 0 Å². The van der Waals surface area contributed by atoms with E-state index in [0.717, 1.165) is 0 Å². The SMILES string of the molecule is CCCC(OC(=O)c1cc(N)ccc1Br)C(=O)O. The van der Waals surface area contributed by atoms with Gasteiger partial charge >= 0.3 is 11.9 Å². The first-order chi connectivity index (χ1) is 8.45. The summed E-state index contributed by atoms with van der Waals surface area (Å²) in [6.07, 6.45) is -0.237. The number of carbonyl (C=O) groups is 2. The van der Waals surface area contributed by atoms with E-state index in [1.807, 2.05) is 6.92 Å². The van der Waals surface area contributed by atoms with Crippen LogP contribution in [0, 0.1) is 0 Å². The van der Waals surface area contributed by atoms with E-state index in [0.29, 0.717) is 16.6 Å². The zero-order valence-electron chi connectivity index (χ0n) is 9.85. The highest BCUT2D eigenvalue weighted by atomic mass is 79.9. The van der Waals surface area contributed by atoms with Crippen LogP contribution < -0.4 is 5.73 Å². The molecule has 0 saturated carbocycles. The fourth-order valence-electron chi connectivity index (χ4n) is 1.39. The Kier molecular flexibility index (Phi) is 5.15. The Labute approximate surface area is 113 Å². The number of hydrogen-bond donors (Lipinski definition) is 2. The summed E-state index contributed by atoms with van der Waals surface area (Å²) >= 11 is 3.19. The van der Waals surface area contributed by atoms with Crippen molar-refractivity contribution in [1.29, 1.82) is 0 Å². The number of carboxylic acid groups (broad SMARTS) is 1. The van der Waals surface area contributed by atoms with Gasteiger partial charge in [-0.3, -0.25) is 0 Å². The number of aliphatic carboxylic acids is 1. The molecule has 0 radical (unpaired) electrons. The molecule has 0 heterocycles. The molecule has 3 N–H and O–H groups in total. The average Bonchev–Trinajstić information content (AvgIpc) is 2.31. The molecule has 0 aliphatic rings. The number of rotatable bonds is 5. The molecular weight excluding hydrogens is 302 g/mol. The van der Waals surface area contributed by atoms with Gasteiger partial charge in [-0.25, -0.2) is 9.59 Å². The maximum Gasteiger partial charge on any atom is 0.345 e. The summed E-state index contributed by atoms with van der Waals surface area (Å²) in [6.45, 7) is 1.82. The van der Waals surface area contributed by atoms with Gasteiger partial charge < -0.3 is 15.6 Å². The van der Waals surface area contributed by atoms with Gasteiger partial charge in [-0.1, -0.05) is 13.3 Å². The molecule has 0 aliphatic carbocycles. The van der Waals surface area contributed by atoms with Crippen molar-refractivity contribution in [3.05, 3.63) is 28.2 Å². The van der Waals surface area contributed by atoms with Crippen molar-refractivity contribution in [3.8, 4) is 0 Å². The molecule has 1 aromatic rings. The monoisotopic (exact) mass is 315 g/mol. The van der Waals surface area contributed by atoms with Crippen LogP contribution in [-0.4, -0.2) is 23.1 Å². The smallest absolute Gasteiger partial charge is 0.345 e. The number of esters is 1. The zero-order chi connectivity index (χ0) is 13.7. The maximum atomic E-state index is 11.8. The van der Waals surface area contributed by atoms with Crippen LogP contribution in [0.4, 0.5) is 5.69 Å². The molecule has 5 nitrogen and oxygen atoms in total. The number of anilines is 1. The van der Waals surface area contributed by atoms with E-state index in [4.69, 9.17) is 15.6 Å². The molecule has 1 aromatic carbocycles. The largest absolute Gasteiger partial charge is 0.479 e. The van der Waals surface area contributed by atoms with Crippen molar-refractivity contribution < 1.29 is 19.4 Å². The third-order valence-corrected chi connectivity index (χ3v) is 2.98. The third-order valence-electron chi connectivity index (χ3n) is 2.29. The van der Waals surface area contributed by atoms with Gasteiger partial charge in [0, 0.05) is 10.2 Å². The van der Waals surface area contributed by atoms with Crippen LogP contribution in [0.1, 0.15) is 30.1 Å². The highest BCUT2D eigenvalue weighted by Gasteiger charge is 2.23. The normalized spacial score (nSPS) is 11.9. The lowest BCUT2D eigenvalue weighted by atomic mass is 10.2. The van der Waals surface area contributed by atoms with Crippen LogP contribution in [-0.2, 0) is 9.53 Å². The number of nitrogen functional groups attached to an aromatic ring is 1. The van der Waals surface area contributed by atoms with E-state index in [2.05, 4.69) is 15.9 Å². The second-order valence-electron chi connectivity index (χ2n) is 3.76. The summed E-state index contributed by atoms with van der Waals surface area (Å²) in [6, 6.07) is 4.68. The second-order valence-corrected chi connectivity index (χ2v) is 4.61. The Morgan fingerprint density at radius 3 is 2.72 bits per heavy atom. The molecule has 1 rings (SSSR count). The quantitative estimate of drug-likeness (QED) is 0.643. The summed E-state index contributed by atoms with van der Waals surface area (Å²) in [7, 11) is 0. The molecule has 18 heavy (non-hydrogen) atoms. The van der Waals surface area contributed by atoms with Gasteiger partial charge in [-0.2, -0.15) is 0 Å². The molecular formula is C12H14BrNO4. The predicted molar refractivity (Wildman–Crippen MR) is 70.3 cm³/mol. The lowest BCUT2D eigenvalue weighted by Gasteiger charge is -2.13. The van der Waals surface area contributed by atoms with Gasteiger partial charge in [0.05, 0.1) is 5.56 Å². The number of hydrogen-bond acceptors (Lipinski definition) is 4. The van der Waals surface area contributed by atoms with Crippen molar-refractivity contribution in [2.24, 2.45) is 0 Å². The Morgan fingerprint density at radius 1 is 1.50 bits per heavy atom. The van der Waals surface area contributed by atoms with Gasteiger partial charge in [0.2, 0.25) is 0 Å². The zero-order valence-corrected chi connectivity index (χ0v) is 11.4. The summed E-state index contributed by atoms with van der Waals surface area (Å²) < 4.78 is 5.47. The van der Waals surface area contributed by atoms with Crippen molar-refractivity contribution in [2.75, 3.05) is 5.73 Å². The topological polar surface area (TPSA) is 89.6 Å². The van der Waals surface area contributed by atoms with Crippen molar-refractivity contribution >= 4 is 33.6 Å². The third kappa shape index (κ3) is 3.73. The van der Waals surface area contributed by atoms with Crippen LogP contribution in [0.3, 0.4) is 0 Å². The molecule has 0 amide bonds. The number of benzene rings is 1. The first-order valence-corrected chi connectivity index (χ1v) is 6.23. The molecule has 0 fully saturated rings. The van der Waals surface area contributed by atoms with Crippen LogP contribution in [0.25, 0.3) is 0 Å². The van der Waals surface area contributed by atoms with E-state index >= 15 is 0 Å². The van der Waals surface area contributed by atoms with Gasteiger partial charge in [-0.15, -0.1) is 0 Å². The molecule has 0 saturated heterocycles. The fraction of sp³-hybridized carbons (Fsp3) is 0.333. The molecule has 0 aromatic heterocycles. The molecule has 0 aliphatic heterocycles. The highest BCUT2D eigenvalue weighted by Crippen LogP contribution is 2.21. The van der Waals surface area contributed by atoms with E-state index in [9.17, 15) is 9.59 Å². The second kappa shape index (κ2) is 6.39. The minimum absolute atomic E-state index is 0.220. The summed E-state index contributed by atoms with van der Waals surface area (Å²) in [5.41, 5.74) is 6.20. The summed E-state index contributed by atoms with van der Waals surface area (Å²) in [5, 5.41) is 8.91. The highest BCUT2D eigenvalue weighted by molar-refractivity contribution is 9.10. The number of carbonyl (C=O) groups excluding carboxylic acids is 1. The summed E-state index contributed by atoms with van der Waals surface area (Å²) in [4.78, 5) is 22.7. The van der Waals surface area contributed by atoms with Crippen molar-refractivity contribution in [2.45, 2.75) is 25.9 Å². The molecule has 0 bridgehead atoms. The molecule has 0 spiro atoms. The van der Waals surface area contributed by atoms with Crippen LogP contribution in [0.5, 0.6) is 0 Å². The molecule has 1 unspecified atom stereocenters. The maximum absolute atomic E-state index is 11.8. The first kappa shape index (κ1) is 14.5. The Morgan fingerprint density at radius 2 is 2.17 bits per heavy atom. The van der Waals surface area contributed by atoms with Crippen LogP contribution in [0.2, 0.25) is 0 Å². The van der Waals surface area contributed by atoms with E-state index in [1.54, 1.807) is 12.1 Å². The van der Waals surface area contributed by atoms with Crippen LogP contribution >= 0.6 is 15.9 Å². The summed E-state index contributed by atoms with van der Waals surface area (Å²) in [5.74, 6) is -1.85. The number of nitrogens with two attached hydrogens (primary N) is 1. The van der Waals surface area contributed by atoms with Crippen LogP contribution in [0.15, 0.2) is 22.7 Å². The lowest BCUT2D eigenvalue weighted by molar-refractivity contribution is -0.147. The predicted octanol–water partition coefficient (Wildman–Crippen LogP) is 2.44. The van der Waals surface area contributed by atoms with E-state index in [-0.39, 0.29) is 12.0 Å². The average molecular weight is 316 g/mol. The van der Waals surface area contributed by atoms with Crippen molar-refractivity contribution in [3.63, 3.8) is 0 Å². The standard InChI is InChI=1S/C12H14BrNO4/c1-2-3-10(11(15)16)18-12(17)8-6-7(14)4-5-9(8)13/h4-6,10H,2-3,14H2,1H3,(H,15,16). The number of ether oxygens (including phenoxy) is 1. The minimum atomic E-state index is -1.15. The molecule has 98 valence electrons. The van der Waals surface area contributed by atoms with Gasteiger partial charge in [-0.05, 0) is 40.5 Å². The Balaban J connectivity index is 2.86. The number of carboxylic acids is 1. The Hall–Kier alpha value is -1.56. The fourth-order valence-corrected chi connectivity index (χ4v) is 1.80. The molecule has 6 heteroatoms. The van der Waals surface area contributed by atoms with Gasteiger partial charge in [0.15, 0.2) is 6.10 Å². The Bertz CT molecular complexity index is 461. The number of halogens is 1. The van der Waals surface area contributed by atoms with Crippen molar-refractivity contribution in [1.82, 2.24) is 0 Å². The van der Waals surface area contributed by atoms with E-state index in [1.165, 1.54) is 6.07 Å². The first-order valence-electron chi connectivity index (χ1n) is 5.44. The molecule has 1 atom stereocenters. The minimum Gasteiger partial charge on any atom is -0.479 e. The van der Waals surface area contributed by atoms with Gasteiger partial charge in [0.25, 0.3) is 0 Å². The van der Waals surface area contributed by atoms with E-state index < -0.39 is 18.0 Å². The lowest BCUT2D eigenvalue weighted by Crippen LogP contribution is -2.27.